The first kappa shape index (κ1) is 11.7. The van der Waals surface area contributed by atoms with E-state index in [0.717, 1.165) is 6.04 Å². The number of hydrogen-bond donors (Lipinski definition) is 0. The second-order valence-corrected chi connectivity index (χ2v) is 5.33. The molecule has 2 aliphatic rings. The predicted octanol–water partition coefficient (Wildman–Crippen LogP) is 3.28. The Kier molecular flexibility index (Phi) is 3.04. The number of fused-ring (bicyclic) bond motifs is 1. The number of piperidine rings is 1. The van der Waals surface area contributed by atoms with Gasteiger partial charge in [0.15, 0.2) is 0 Å². The van der Waals surface area contributed by atoms with Gasteiger partial charge in [0.05, 0.1) is 4.92 Å². The van der Waals surface area contributed by atoms with Crippen molar-refractivity contribution in [3.8, 4) is 0 Å². The summed E-state index contributed by atoms with van der Waals surface area (Å²) in [6.45, 7) is 1.19. The normalized spacial score (nSPS) is 28.0. The van der Waals surface area contributed by atoms with Crippen LogP contribution in [0.5, 0.6) is 0 Å². The fraction of sp³-hybridized carbons (Fsp3) is 0.571. The summed E-state index contributed by atoms with van der Waals surface area (Å²) < 4.78 is 0. The fourth-order valence-corrected chi connectivity index (χ4v) is 3.44. The summed E-state index contributed by atoms with van der Waals surface area (Å²) in [7, 11) is 0. The molecular formula is C14H18N2O2. The molecule has 0 aliphatic carbocycles. The van der Waals surface area contributed by atoms with Gasteiger partial charge in [-0.1, -0.05) is 18.6 Å². The zero-order valence-corrected chi connectivity index (χ0v) is 10.4. The number of hydrogen-bond acceptors (Lipinski definition) is 3. The first-order valence-electron chi connectivity index (χ1n) is 6.76. The van der Waals surface area contributed by atoms with Crippen LogP contribution < -0.4 is 0 Å². The number of nitro benzene ring substituents is 1. The Morgan fingerprint density at radius 1 is 1.11 bits per heavy atom. The second kappa shape index (κ2) is 4.69. The first-order valence-corrected chi connectivity index (χ1v) is 6.76. The lowest BCUT2D eigenvalue weighted by Gasteiger charge is -2.34. The van der Waals surface area contributed by atoms with Gasteiger partial charge < -0.3 is 0 Å². The number of non-ortho nitro benzene ring substituents is 1. The lowest BCUT2D eigenvalue weighted by molar-refractivity contribution is -0.384. The predicted molar refractivity (Wildman–Crippen MR) is 69.4 cm³/mol. The summed E-state index contributed by atoms with van der Waals surface area (Å²) in [5.41, 5.74) is 1.43. The third-order valence-electron chi connectivity index (χ3n) is 4.34. The molecule has 0 radical (unpaired) electrons. The molecule has 2 fully saturated rings. The Labute approximate surface area is 107 Å². The number of nitro groups is 1. The van der Waals surface area contributed by atoms with E-state index in [4.69, 9.17) is 0 Å². The summed E-state index contributed by atoms with van der Waals surface area (Å²) in [4.78, 5) is 12.9. The lowest BCUT2D eigenvalue weighted by Crippen LogP contribution is -2.35. The molecule has 0 N–H and O–H groups in total. The van der Waals surface area contributed by atoms with Crippen molar-refractivity contribution in [2.45, 2.75) is 44.2 Å². The average Bonchev–Trinajstić information content (AvgIpc) is 2.82. The topological polar surface area (TPSA) is 46.4 Å². The third-order valence-corrected chi connectivity index (χ3v) is 4.34. The van der Waals surface area contributed by atoms with Gasteiger partial charge in [-0.2, -0.15) is 0 Å². The van der Waals surface area contributed by atoms with Gasteiger partial charge in [-0.3, -0.25) is 15.0 Å². The van der Waals surface area contributed by atoms with Gasteiger partial charge in [-0.15, -0.1) is 0 Å². The SMILES string of the molecule is O=[N+]([O-])c1ccc([C@@H]2CC[C@@H]3CCCCN32)cc1. The molecule has 18 heavy (non-hydrogen) atoms. The van der Waals surface area contributed by atoms with E-state index in [-0.39, 0.29) is 10.6 Å². The maximum absolute atomic E-state index is 10.7. The highest BCUT2D eigenvalue weighted by Crippen LogP contribution is 2.40. The van der Waals surface area contributed by atoms with Crippen LogP contribution >= 0.6 is 0 Å². The largest absolute Gasteiger partial charge is 0.293 e. The van der Waals surface area contributed by atoms with E-state index >= 15 is 0 Å². The van der Waals surface area contributed by atoms with Crippen molar-refractivity contribution in [3.63, 3.8) is 0 Å². The fourth-order valence-electron chi connectivity index (χ4n) is 3.44. The zero-order valence-electron chi connectivity index (χ0n) is 10.4. The summed E-state index contributed by atoms with van der Waals surface area (Å²) in [5, 5.41) is 10.7. The molecule has 1 aromatic carbocycles. The van der Waals surface area contributed by atoms with Crippen molar-refractivity contribution in [1.82, 2.24) is 4.90 Å². The highest BCUT2D eigenvalue weighted by Gasteiger charge is 2.35. The van der Waals surface area contributed by atoms with Gasteiger partial charge in [0.25, 0.3) is 5.69 Å². The van der Waals surface area contributed by atoms with E-state index < -0.39 is 0 Å². The molecule has 4 nitrogen and oxygen atoms in total. The maximum atomic E-state index is 10.7. The third kappa shape index (κ3) is 2.01. The maximum Gasteiger partial charge on any atom is 0.269 e. The molecule has 0 unspecified atom stereocenters. The van der Waals surface area contributed by atoms with Crippen LogP contribution in [0.15, 0.2) is 24.3 Å². The molecule has 1 aromatic rings. The van der Waals surface area contributed by atoms with E-state index in [1.54, 1.807) is 12.1 Å². The minimum Gasteiger partial charge on any atom is -0.293 e. The molecule has 3 rings (SSSR count). The van der Waals surface area contributed by atoms with Crippen LogP contribution in [0.25, 0.3) is 0 Å². The van der Waals surface area contributed by atoms with Crippen LogP contribution in [0.1, 0.15) is 43.7 Å². The Bertz CT molecular complexity index is 444. The number of benzene rings is 1. The van der Waals surface area contributed by atoms with Crippen molar-refractivity contribution in [3.05, 3.63) is 39.9 Å². The smallest absolute Gasteiger partial charge is 0.269 e. The first-order chi connectivity index (χ1) is 8.75. The molecule has 2 saturated heterocycles. The zero-order chi connectivity index (χ0) is 12.5. The highest BCUT2D eigenvalue weighted by molar-refractivity contribution is 5.34. The molecule has 96 valence electrons. The van der Waals surface area contributed by atoms with Crippen molar-refractivity contribution in [1.29, 1.82) is 0 Å². The van der Waals surface area contributed by atoms with Crippen LogP contribution in [0, 0.1) is 10.1 Å². The Morgan fingerprint density at radius 2 is 1.89 bits per heavy atom. The minimum absolute atomic E-state index is 0.187. The molecule has 0 aromatic heterocycles. The monoisotopic (exact) mass is 246 g/mol. The van der Waals surface area contributed by atoms with Crippen molar-refractivity contribution in [2.75, 3.05) is 6.54 Å². The standard InChI is InChI=1S/C14H18N2O2/c17-16(18)13-6-4-11(5-7-13)14-9-8-12-3-1-2-10-15(12)14/h4-7,12,14H,1-3,8-10H2/t12-,14-/m0/s1. The van der Waals surface area contributed by atoms with E-state index in [1.807, 2.05) is 12.1 Å². The van der Waals surface area contributed by atoms with E-state index in [2.05, 4.69) is 4.90 Å². The van der Waals surface area contributed by atoms with Crippen molar-refractivity contribution < 1.29 is 4.92 Å². The molecule has 0 bridgehead atoms. The molecular weight excluding hydrogens is 228 g/mol. The molecule has 4 heteroatoms. The summed E-state index contributed by atoms with van der Waals surface area (Å²) in [6.07, 6.45) is 6.45. The molecule has 2 aliphatic heterocycles. The van der Waals surface area contributed by atoms with Gasteiger partial charge in [0, 0.05) is 24.2 Å². The van der Waals surface area contributed by atoms with Gasteiger partial charge in [-0.05, 0) is 37.8 Å². The van der Waals surface area contributed by atoms with E-state index in [0.29, 0.717) is 6.04 Å². The van der Waals surface area contributed by atoms with Crippen LogP contribution in [0.3, 0.4) is 0 Å². The molecule has 2 heterocycles. The summed E-state index contributed by atoms with van der Waals surface area (Å²) in [5.74, 6) is 0. The average molecular weight is 246 g/mol. The minimum atomic E-state index is -0.331. The van der Waals surface area contributed by atoms with Gasteiger partial charge in [0.1, 0.15) is 0 Å². The van der Waals surface area contributed by atoms with Gasteiger partial charge >= 0.3 is 0 Å². The molecule has 0 saturated carbocycles. The summed E-state index contributed by atoms with van der Waals surface area (Å²) in [6, 6.07) is 8.36. The van der Waals surface area contributed by atoms with E-state index in [9.17, 15) is 10.1 Å². The Morgan fingerprint density at radius 3 is 2.61 bits per heavy atom. The van der Waals surface area contributed by atoms with Crippen LogP contribution in [0.2, 0.25) is 0 Å². The molecule has 0 amide bonds. The van der Waals surface area contributed by atoms with Crippen molar-refractivity contribution in [2.24, 2.45) is 0 Å². The number of rotatable bonds is 2. The number of nitrogens with zero attached hydrogens (tertiary/aromatic N) is 2. The summed E-state index contributed by atoms with van der Waals surface area (Å²) >= 11 is 0. The highest BCUT2D eigenvalue weighted by atomic mass is 16.6. The second-order valence-electron chi connectivity index (χ2n) is 5.33. The van der Waals surface area contributed by atoms with Crippen LogP contribution in [-0.4, -0.2) is 22.4 Å². The van der Waals surface area contributed by atoms with E-state index in [1.165, 1.54) is 44.2 Å². The Balaban J connectivity index is 1.80. The molecule has 0 spiro atoms. The van der Waals surface area contributed by atoms with Crippen molar-refractivity contribution >= 4 is 5.69 Å². The van der Waals surface area contributed by atoms with Crippen LogP contribution in [0.4, 0.5) is 5.69 Å². The van der Waals surface area contributed by atoms with Gasteiger partial charge in [-0.25, -0.2) is 0 Å². The lowest BCUT2D eigenvalue weighted by atomic mass is 10.0. The molecule has 2 atom stereocenters. The Hall–Kier alpha value is -1.42. The van der Waals surface area contributed by atoms with Gasteiger partial charge in [0.2, 0.25) is 0 Å². The van der Waals surface area contributed by atoms with Crippen LogP contribution in [-0.2, 0) is 0 Å². The quantitative estimate of drug-likeness (QED) is 0.594.